The average molecular weight is 538 g/mol. The molecule has 1 aliphatic heterocycles. The van der Waals surface area contributed by atoms with Gasteiger partial charge in [0, 0.05) is 70.8 Å². The molecule has 4 aromatic rings. The second-order valence-electron chi connectivity index (χ2n) is 8.80. The van der Waals surface area contributed by atoms with Crippen LogP contribution in [-0.2, 0) is 4.74 Å². The molecule has 7 nitrogen and oxygen atoms in total. The van der Waals surface area contributed by atoms with Crippen LogP contribution in [0.1, 0.15) is 40.7 Å². The Kier molecular flexibility index (Phi) is 6.92. The normalized spacial score (nSPS) is 14.6. The quantitative estimate of drug-likeness (QED) is 0.231. The monoisotopic (exact) mass is 537 g/mol. The van der Waals surface area contributed by atoms with Gasteiger partial charge < -0.3 is 19.0 Å². The number of ether oxygens (including phenoxy) is 1. The van der Waals surface area contributed by atoms with Crippen molar-refractivity contribution in [3.05, 3.63) is 64.5 Å². The van der Waals surface area contributed by atoms with Gasteiger partial charge in [0.05, 0.1) is 6.61 Å². The number of hydrogen-bond acceptors (Lipinski definition) is 6. The molecule has 0 unspecified atom stereocenters. The van der Waals surface area contributed by atoms with Crippen LogP contribution in [0.5, 0.6) is 0 Å². The molecule has 3 heterocycles. The lowest BCUT2D eigenvalue weighted by Crippen LogP contribution is -2.46. The fourth-order valence-electron chi connectivity index (χ4n) is 4.68. The average Bonchev–Trinajstić information content (AvgIpc) is 3.48. The number of esters is 1. The van der Waals surface area contributed by atoms with Gasteiger partial charge in [-0.2, -0.15) is 0 Å². The number of ketones is 1. The second kappa shape index (κ2) is 10.3. The minimum atomic E-state index is -0.435. The van der Waals surface area contributed by atoms with E-state index in [9.17, 15) is 9.59 Å². The number of fused-ring (bicyclic) bond motifs is 2. The first-order valence-electron chi connectivity index (χ1n) is 12.0. The lowest BCUT2D eigenvalue weighted by atomic mass is 10.1. The van der Waals surface area contributed by atoms with Gasteiger partial charge in [0.25, 0.3) is 0 Å². The lowest BCUT2D eigenvalue weighted by Gasteiger charge is -2.36. The van der Waals surface area contributed by atoms with E-state index >= 15 is 0 Å². The summed E-state index contributed by atoms with van der Waals surface area (Å²) in [5.74, 6) is -0.0165. The highest BCUT2D eigenvalue weighted by Gasteiger charge is 2.20. The zero-order valence-corrected chi connectivity index (χ0v) is 21.3. The summed E-state index contributed by atoms with van der Waals surface area (Å²) in [7, 11) is 0. The van der Waals surface area contributed by atoms with Crippen molar-refractivity contribution in [2.75, 3.05) is 44.2 Å². The van der Waals surface area contributed by atoms with Gasteiger partial charge in [-0.1, -0.05) is 15.9 Å². The van der Waals surface area contributed by atoms with E-state index in [4.69, 9.17) is 9.15 Å². The number of benzene rings is 2. The highest BCUT2D eigenvalue weighted by Crippen LogP contribution is 2.27. The van der Waals surface area contributed by atoms with Crippen molar-refractivity contribution in [3.63, 3.8) is 0 Å². The predicted octanol–water partition coefficient (Wildman–Crippen LogP) is 5.64. The summed E-state index contributed by atoms with van der Waals surface area (Å²) in [4.78, 5) is 32.7. The molecule has 0 aliphatic carbocycles. The number of aromatic nitrogens is 1. The molecule has 5 rings (SSSR count). The van der Waals surface area contributed by atoms with E-state index in [0.717, 1.165) is 71.2 Å². The molecule has 0 amide bonds. The number of furan rings is 1. The number of Topliss-reactive ketones (excluding diaryl/α,β-unsaturated/α-hetero) is 1. The van der Waals surface area contributed by atoms with Gasteiger partial charge in [0.15, 0.2) is 5.78 Å². The zero-order valence-electron chi connectivity index (χ0n) is 19.7. The number of rotatable bonds is 8. The van der Waals surface area contributed by atoms with Crippen LogP contribution in [0.4, 0.5) is 5.69 Å². The van der Waals surface area contributed by atoms with Crippen LogP contribution < -0.4 is 4.90 Å². The van der Waals surface area contributed by atoms with Gasteiger partial charge in [0.2, 0.25) is 5.76 Å². The summed E-state index contributed by atoms with van der Waals surface area (Å²) in [6.07, 6.45) is 3.21. The van der Waals surface area contributed by atoms with Crippen molar-refractivity contribution < 1.29 is 18.7 Å². The standard InChI is InChI=1S/C27H28BrN3O4/c1-2-34-27(33)26-15-18-14-20(6-8-25(18)35-26)31-12-10-30(11-13-31)9-3-4-24(32)22-17-29-23-7-5-19(28)16-21(22)23/h5-8,14-17,29H,2-4,9-13H2,1H3. The maximum absolute atomic E-state index is 12.8. The third kappa shape index (κ3) is 5.13. The van der Waals surface area contributed by atoms with Crippen LogP contribution in [0.2, 0.25) is 0 Å². The minimum Gasteiger partial charge on any atom is -0.460 e. The summed E-state index contributed by atoms with van der Waals surface area (Å²) in [5, 5.41) is 1.87. The Morgan fingerprint density at radius 1 is 1.09 bits per heavy atom. The summed E-state index contributed by atoms with van der Waals surface area (Å²) in [5.41, 5.74) is 3.56. The first-order valence-corrected chi connectivity index (χ1v) is 12.8. The van der Waals surface area contributed by atoms with E-state index in [-0.39, 0.29) is 11.5 Å². The van der Waals surface area contributed by atoms with Crippen molar-refractivity contribution in [1.82, 2.24) is 9.88 Å². The van der Waals surface area contributed by atoms with Crippen molar-refractivity contribution in [3.8, 4) is 0 Å². The third-order valence-electron chi connectivity index (χ3n) is 6.54. The summed E-state index contributed by atoms with van der Waals surface area (Å²) >= 11 is 3.49. The molecule has 1 N–H and O–H groups in total. The number of carbonyl (C=O) groups is 2. The van der Waals surface area contributed by atoms with Crippen molar-refractivity contribution >= 4 is 55.2 Å². The fraction of sp³-hybridized carbons (Fsp3) is 0.333. The Bertz CT molecular complexity index is 1370. The van der Waals surface area contributed by atoms with Crippen LogP contribution in [-0.4, -0.2) is 61.0 Å². The molecule has 0 bridgehead atoms. The van der Waals surface area contributed by atoms with Crippen LogP contribution in [0, 0.1) is 0 Å². The van der Waals surface area contributed by atoms with Gasteiger partial charge in [0.1, 0.15) is 5.58 Å². The highest BCUT2D eigenvalue weighted by molar-refractivity contribution is 9.10. The van der Waals surface area contributed by atoms with Crippen LogP contribution in [0.3, 0.4) is 0 Å². The molecule has 0 atom stereocenters. The number of nitrogens with one attached hydrogen (secondary N) is 1. The fourth-order valence-corrected chi connectivity index (χ4v) is 5.04. The Morgan fingerprint density at radius 3 is 2.71 bits per heavy atom. The molecule has 0 saturated carbocycles. The molecule has 182 valence electrons. The molecule has 1 fully saturated rings. The van der Waals surface area contributed by atoms with E-state index in [1.54, 1.807) is 13.0 Å². The summed E-state index contributed by atoms with van der Waals surface area (Å²) < 4.78 is 11.6. The third-order valence-corrected chi connectivity index (χ3v) is 7.03. The minimum absolute atomic E-state index is 0.184. The number of piperazine rings is 1. The van der Waals surface area contributed by atoms with E-state index in [1.165, 1.54) is 0 Å². The lowest BCUT2D eigenvalue weighted by molar-refractivity contribution is 0.0492. The van der Waals surface area contributed by atoms with Crippen molar-refractivity contribution in [1.29, 1.82) is 0 Å². The molecule has 1 aliphatic rings. The molecule has 2 aromatic carbocycles. The molecule has 0 spiro atoms. The van der Waals surface area contributed by atoms with Crippen LogP contribution in [0.25, 0.3) is 21.9 Å². The maximum Gasteiger partial charge on any atom is 0.374 e. The number of anilines is 1. The SMILES string of the molecule is CCOC(=O)c1cc2cc(N3CCN(CCCC(=O)c4c[nH]c5ccc(Br)cc45)CC3)ccc2o1. The highest BCUT2D eigenvalue weighted by atomic mass is 79.9. The molecular formula is C27H28BrN3O4. The second-order valence-corrected chi connectivity index (χ2v) is 9.72. The smallest absolute Gasteiger partial charge is 0.374 e. The predicted molar refractivity (Wildman–Crippen MR) is 140 cm³/mol. The molecule has 0 radical (unpaired) electrons. The van der Waals surface area contributed by atoms with E-state index in [1.807, 2.05) is 36.5 Å². The molecule has 2 aromatic heterocycles. The summed E-state index contributed by atoms with van der Waals surface area (Å²) in [6.45, 7) is 6.74. The van der Waals surface area contributed by atoms with Crippen molar-refractivity contribution in [2.45, 2.75) is 19.8 Å². The van der Waals surface area contributed by atoms with Crippen molar-refractivity contribution in [2.24, 2.45) is 0 Å². The number of H-pyrrole nitrogens is 1. The zero-order chi connectivity index (χ0) is 24.4. The largest absolute Gasteiger partial charge is 0.460 e. The first-order chi connectivity index (χ1) is 17.0. The van der Waals surface area contributed by atoms with E-state index < -0.39 is 5.97 Å². The number of carbonyl (C=O) groups excluding carboxylic acids is 2. The number of hydrogen-bond donors (Lipinski definition) is 1. The van der Waals surface area contributed by atoms with Gasteiger partial charge in [-0.05, 0) is 62.4 Å². The number of aromatic amines is 1. The van der Waals surface area contributed by atoms with Gasteiger partial charge in [-0.3, -0.25) is 9.69 Å². The Morgan fingerprint density at radius 2 is 1.91 bits per heavy atom. The summed E-state index contributed by atoms with van der Waals surface area (Å²) in [6, 6.07) is 13.7. The van der Waals surface area contributed by atoms with Crippen LogP contribution >= 0.6 is 15.9 Å². The van der Waals surface area contributed by atoms with Gasteiger partial charge in [-0.25, -0.2) is 4.79 Å². The Balaban J connectivity index is 1.13. The Labute approximate surface area is 212 Å². The molecular weight excluding hydrogens is 510 g/mol. The maximum atomic E-state index is 12.8. The van der Waals surface area contributed by atoms with Gasteiger partial charge in [-0.15, -0.1) is 0 Å². The topological polar surface area (TPSA) is 78.8 Å². The number of nitrogens with zero attached hydrogens (tertiary/aromatic N) is 2. The molecule has 1 saturated heterocycles. The Hall–Kier alpha value is -3.10. The van der Waals surface area contributed by atoms with Crippen LogP contribution in [0.15, 0.2) is 57.6 Å². The first kappa shape index (κ1) is 23.6. The molecule has 35 heavy (non-hydrogen) atoms. The van der Waals surface area contributed by atoms with Gasteiger partial charge >= 0.3 is 5.97 Å². The van der Waals surface area contributed by atoms with E-state index in [0.29, 0.717) is 18.6 Å². The number of halogens is 1. The molecule has 8 heteroatoms. The van der Waals surface area contributed by atoms with E-state index in [2.05, 4.69) is 36.8 Å².